The molecule has 0 amide bonds. The van der Waals surface area contributed by atoms with Crippen LogP contribution in [0, 0.1) is 0 Å². The van der Waals surface area contributed by atoms with Crippen LogP contribution in [0.25, 0.3) is 0 Å². The topological polar surface area (TPSA) is 68.9 Å². The maximum Gasteiger partial charge on any atom is 0.355 e. The van der Waals surface area contributed by atoms with E-state index in [1.165, 1.54) is 9.13 Å². The van der Waals surface area contributed by atoms with Crippen LogP contribution in [0.2, 0.25) is 0 Å². The second-order valence-electron chi connectivity index (χ2n) is 3.41. The van der Waals surface area contributed by atoms with E-state index in [4.69, 9.17) is 0 Å². The largest absolute Gasteiger partial charge is 0.358 e. The van der Waals surface area contributed by atoms with Gasteiger partial charge in [-0.1, -0.05) is 0 Å². The quantitative estimate of drug-likeness (QED) is 0.680. The number of rotatable bonds is 2. The average Bonchev–Trinajstić information content (AvgIpc) is 2.95. The number of aromatic nitrogens is 3. The molecule has 1 heterocycles. The molecule has 1 fully saturated rings. The molecule has 6 heteroatoms. The van der Waals surface area contributed by atoms with Gasteiger partial charge in [-0.05, 0) is 12.8 Å². The zero-order chi connectivity index (χ0) is 10.3. The van der Waals surface area contributed by atoms with Gasteiger partial charge in [0.25, 0.3) is 0 Å². The van der Waals surface area contributed by atoms with Gasteiger partial charge in [0.2, 0.25) is 5.95 Å². The first kappa shape index (κ1) is 8.98. The van der Waals surface area contributed by atoms with Crippen molar-refractivity contribution in [3.63, 3.8) is 0 Å². The molecule has 0 unspecified atom stereocenters. The fourth-order valence-electron chi connectivity index (χ4n) is 1.42. The Morgan fingerprint density at radius 1 is 1.43 bits per heavy atom. The Kier molecular flexibility index (Phi) is 1.90. The molecule has 0 aliphatic heterocycles. The van der Waals surface area contributed by atoms with Gasteiger partial charge < -0.3 is 5.32 Å². The summed E-state index contributed by atoms with van der Waals surface area (Å²) in [5.41, 5.74) is -0.753. The summed E-state index contributed by atoms with van der Waals surface area (Å²) in [6.07, 6.45) is 1.80. The van der Waals surface area contributed by atoms with Crippen LogP contribution in [-0.2, 0) is 7.05 Å². The standard InChI is InChI=1S/C8H12N4O2/c1-9-6-10-7(13)12(5-3-4-5)8(14)11(6)2/h5H,3-4H2,1-2H3,(H,9,10,13). The van der Waals surface area contributed by atoms with E-state index in [9.17, 15) is 9.59 Å². The van der Waals surface area contributed by atoms with Crippen molar-refractivity contribution in [2.45, 2.75) is 18.9 Å². The van der Waals surface area contributed by atoms with Crippen LogP contribution in [0.4, 0.5) is 5.95 Å². The average molecular weight is 196 g/mol. The van der Waals surface area contributed by atoms with Crippen molar-refractivity contribution in [3.8, 4) is 0 Å². The van der Waals surface area contributed by atoms with Gasteiger partial charge in [0.05, 0.1) is 0 Å². The Balaban J connectivity index is 2.68. The molecule has 6 nitrogen and oxygen atoms in total. The second-order valence-corrected chi connectivity index (χ2v) is 3.41. The summed E-state index contributed by atoms with van der Waals surface area (Å²) in [5.74, 6) is 0.303. The molecule has 2 rings (SSSR count). The number of hydrogen-bond donors (Lipinski definition) is 1. The highest BCUT2D eigenvalue weighted by atomic mass is 16.2. The lowest BCUT2D eigenvalue weighted by Crippen LogP contribution is -2.41. The molecular weight excluding hydrogens is 184 g/mol. The van der Waals surface area contributed by atoms with Crippen molar-refractivity contribution in [1.29, 1.82) is 0 Å². The van der Waals surface area contributed by atoms with Crippen molar-refractivity contribution >= 4 is 5.95 Å². The molecule has 1 aromatic rings. The molecule has 1 aliphatic rings. The predicted molar refractivity (Wildman–Crippen MR) is 51.6 cm³/mol. The van der Waals surface area contributed by atoms with E-state index in [0.717, 1.165) is 12.8 Å². The molecule has 1 saturated carbocycles. The lowest BCUT2D eigenvalue weighted by molar-refractivity contribution is 0.584. The Bertz CT molecular complexity index is 469. The fourth-order valence-corrected chi connectivity index (χ4v) is 1.42. The summed E-state index contributed by atoms with van der Waals surface area (Å²) >= 11 is 0. The molecule has 0 aromatic carbocycles. The van der Waals surface area contributed by atoms with Gasteiger partial charge in [-0.25, -0.2) is 14.2 Å². The smallest absolute Gasteiger partial charge is 0.355 e. The van der Waals surface area contributed by atoms with Crippen LogP contribution < -0.4 is 16.7 Å². The third kappa shape index (κ3) is 1.23. The molecule has 1 N–H and O–H groups in total. The third-order valence-electron chi connectivity index (χ3n) is 2.35. The van der Waals surface area contributed by atoms with Gasteiger partial charge in [-0.3, -0.25) is 4.57 Å². The monoisotopic (exact) mass is 196 g/mol. The van der Waals surface area contributed by atoms with Crippen molar-refractivity contribution < 1.29 is 0 Å². The van der Waals surface area contributed by atoms with Gasteiger partial charge in [0.1, 0.15) is 0 Å². The Labute approximate surface area is 80.2 Å². The van der Waals surface area contributed by atoms with Crippen molar-refractivity contribution in [2.75, 3.05) is 12.4 Å². The van der Waals surface area contributed by atoms with E-state index in [2.05, 4.69) is 10.3 Å². The number of nitrogens with zero attached hydrogens (tertiary/aromatic N) is 3. The normalized spacial score (nSPS) is 15.6. The second kappa shape index (κ2) is 2.97. The zero-order valence-corrected chi connectivity index (χ0v) is 8.15. The Morgan fingerprint density at radius 3 is 2.57 bits per heavy atom. The number of anilines is 1. The van der Waals surface area contributed by atoms with Gasteiger partial charge >= 0.3 is 11.4 Å². The first-order chi connectivity index (χ1) is 6.65. The molecule has 14 heavy (non-hydrogen) atoms. The molecule has 0 saturated heterocycles. The summed E-state index contributed by atoms with van der Waals surface area (Å²) in [4.78, 5) is 26.9. The van der Waals surface area contributed by atoms with E-state index in [0.29, 0.717) is 5.95 Å². The lowest BCUT2D eigenvalue weighted by atomic mass is 10.6. The van der Waals surface area contributed by atoms with Gasteiger partial charge in [-0.2, -0.15) is 4.98 Å². The number of nitrogens with one attached hydrogen (secondary N) is 1. The van der Waals surface area contributed by atoms with Crippen LogP contribution in [-0.4, -0.2) is 21.2 Å². The maximum absolute atomic E-state index is 11.7. The summed E-state index contributed by atoms with van der Waals surface area (Å²) < 4.78 is 2.57. The highest BCUT2D eigenvalue weighted by Crippen LogP contribution is 2.31. The minimum Gasteiger partial charge on any atom is -0.358 e. The summed E-state index contributed by atoms with van der Waals surface area (Å²) in [7, 11) is 3.22. The summed E-state index contributed by atoms with van der Waals surface area (Å²) in [6, 6.07) is 0.0691. The van der Waals surface area contributed by atoms with Crippen molar-refractivity contribution in [1.82, 2.24) is 14.1 Å². The van der Waals surface area contributed by atoms with Crippen molar-refractivity contribution in [2.24, 2.45) is 7.05 Å². The molecular formula is C8H12N4O2. The van der Waals surface area contributed by atoms with Gasteiger partial charge in [0.15, 0.2) is 0 Å². The highest BCUT2D eigenvalue weighted by Gasteiger charge is 2.28. The molecule has 1 aliphatic carbocycles. The van der Waals surface area contributed by atoms with E-state index < -0.39 is 5.69 Å². The van der Waals surface area contributed by atoms with Gasteiger partial charge in [0, 0.05) is 20.1 Å². The SMILES string of the molecule is CNc1nc(=O)n(C2CC2)c(=O)n1C. The van der Waals surface area contributed by atoms with E-state index in [-0.39, 0.29) is 11.7 Å². The van der Waals surface area contributed by atoms with Gasteiger partial charge in [-0.15, -0.1) is 0 Å². The minimum absolute atomic E-state index is 0.0691. The molecule has 76 valence electrons. The lowest BCUT2D eigenvalue weighted by Gasteiger charge is -2.08. The van der Waals surface area contributed by atoms with E-state index in [1.807, 2.05) is 0 Å². The van der Waals surface area contributed by atoms with Crippen LogP contribution in [0.15, 0.2) is 9.59 Å². The summed E-state index contributed by atoms with van der Waals surface area (Å²) in [5, 5.41) is 2.70. The molecule has 1 aromatic heterocycles. The Hall–Kier alpha value is -1.59. The predicted octanol–water partition coefficient (Wildman–Crippen LogP) is -0.681. The molecule has 0 radical (unpaired) electrons. The third-order valence-corrected chi connectivity index (χ3v) is 2.35. The Morgan fingerprint density at radius 2 is 2.07 bits per heavy atom. The maximum atomic E-state index is 11.7. The molecule has 0 atom stereocenters. The van der Waals surface area contributed by atoms with Crippen LogP contribution in [0.1, 0.15) is 18.9 Å². The molecule has 0 spiro atoms. The first-order valence-corrected chi connectivity index (χ1v) is 4.52. The highest BCUT2D eigenvalue weighted by molar-refractivity contribution is 5.21. The first-order valence-electron chi connectivity index (χ1n) is 4.52. The van der Waals surface area contributed by atoms with Crippen LogP contribution in [0.3, 0.4) is 0 Å². The van der Waals surface area contributed by atoms with E-state index >= 15 is 0 Å². The molecule has 0 bridgehead atoms. The van der Waals surface area contributed by atoms with Crippen LogP contribution >= 0.6 is 0 Å². The fraction of sp³-hybridized carbons (Fsp3) is 0.625. The zero-order valence-electron chi connectivity index (χ0n) is 8.15. The number of hydrogen-bond acceptors (Lipinski definition) is 4. The van der Waals surface area contributed by atoms with Crippen LogP contribution in [0.5, 0.6) is 0 Å². The van der Waals surface area contributed by atoms with E-state index in [1.54, 1.807) is 14.1 Å². The van der Waals surface area contributed by atoms with Crippen molar-refractivity contribution in [3.05, 3.63) is 21.0 Å². The summed E-state index contributed by atoms with van der Waals surface area (Å²) in [6.45, 7) is 0. The minimum atomic E-state index is -0.458.